The molecule has 0 unspecified atom stereocenters. The summed E-state index contributed by atoms with van der Waals surface area (Å²) in [5.74, 6) is 1.95. The monoisotopic (exact) mass is 830 g/mol. The lowest BCUT2D eigenvalue weighted by molar-refractivity contribution is 1.07. The summed E-state index contributed by atoms with van der Waals surface area (Å²) in [5, 5.41) is 2.51. The molecule has 306 valence electrons. The van der Waals surface area contributed by atoms with Crippen LogP contribution in [0.3, 0.4) is 0 Å². The fourth-order valence-electron chi connectivity index (χ4n) is 10.8. The first-order chi connectivity index (χ1) is 32.0. The Morgan fingerprint density at radius 3 is 1.18 bits per heavy atom. The molecule has 0 atom stereocenters. The topological polar surface area (TPSA) is 43.6 Å². The molecule has 2 aliphatic carbocycles. The summed E-state index contributed by atoms with van der Waals surface area (Å²) < 4.78 is 2.49. The van der Waals surface area contributed by atoms with Crippen LogP contribution in [0.25, 0.3) is 106 Å². The molecule has 13 rings (SSSR count). The van der Waals surface area contributed by atoms with Crippen LogP contribution in [-0.4, -0.2) is 19.5 Å². The van der Waals surface area contributed by atoms with Crippen molar-refractivity contribution < 1.29 is 0 Å². The SMILES string of the molecule is Cc1cc(-c2cccc3c2Cc2ccccc2-3)cc2c3cc(-c4cccc5c4Cc4ccccc4-5)cc(C)c3n(-c3ccc(-c4nc(-c5ccccc5)nc(-c5ccccc5)n4)cc3)c12. The van der Waals surface area contributed by atoms with E-state index in [2.05, 4.69) is 176 Å². The predicted molar refractivity (Wildman–Crippen MR) is 267 cm³/mol. The molecule has 0 radical (unpaired) electrons. The number of aromatic nitrogens is 4. The van der Waals surface area contributed by atoms with Crippen molar-refractivity contribution in [3.8, 4) is 84.4 Å². The minimum atomic E-state index is 0.642. The average Bonchev–Trinajstić information content (AvgIpc) is 4.05. The van der Waals surface area contributed by atoms with Crippen LogP contribution in [0, 0.1) is 13.8 Å². The zero-order chi connectivity index (χ0) is 43.2. The molecule has 2 aliphatic rings. The standard InChI is InChI=1S/C61H42N4/c1-37-31-44(49-23-13-25-51-47-21-11-9-19-42(47)33-53(49)51)35-55-56-36-45(50-24-14-26-52-48-22-12-10-20-43(48)34-54(50)52)32-38(2)58(56)65(57(37)55)46-29-27-41(28-30-46)61-63-59(39-15-5-3-6-16-39)62-60(64-61)40-17-7-4-8-18-40/h3-32,35-36H,33-34H2,1-2H3. The van der Waals surface area contributed by atoms with Gasteiger partial charge in [-0.2, -0.15) is 0 Å². The van der Waals surface area contributed by atoms with Crippen molar-refractivity contribution in [2.24, 2.45) is 0 Å². The Kier molecular flexibility index (Phi) is 8.44. The number of benzene rings is 9. The van der Waals surface area contributed by atoms with E-state index in [1.165, 1.54) is 99.7 Å². The highest BCUT2D eigenvalue weighted by Gasteiger charge is 2.26. The number of nitrogens with zero attached hydrogens (tertiary/aromatic N) is 4. The largest absolute Gasteiger partial charge is 0.309 e. The Balaban J connectivity index is 1.00. The predicted octanol–water partition coefficient (Wildman–Crippen LogP) is 15.1. The van der Waals surface area contributed by atoms with Gasteiger partial charge in [-0.3, -0.25) is 0 Å². The highest BCUT2D eigenvalue weighted by atomic mass is 15.0. The summed E-state index contributed by atoms with van der Waals surface area (Å²) in [6, 6.07) is 70.3. The van der Waals surface area contributed by atoms with Crippen molar-refractivity contribution in [2.75, 3.05) is 0 Å². The molecule has 2 heterocycles. The molecule has 0 saturated carbocycles. The molecule has 0 aliphatic heterocycles. The molecule has 9 aromatic carbocycles. The van der Waals surface area contributed by atoms with Gasteiger partial charge in [-0.1, -0.05) is 146 Å². The Hall–Kier alpha value is -8.21. The lowest BCUT2D eigenvalue weighted by Crippen LogP contribution is -2.01. The first-order valence-electron chi connectivity index (χ1n) is 22.5. The van der Waals surface area contributed by atoms with E-state index in [9.17, 15) is 0 Å². The molecule has 2 aromatic heterocycles. The van der Waals surface area contributed by atoms with Crippen LogP contribution >= 0.6 is 0 Å². The summed E-state index contributed by atoms with van der Waals surface area (Å²) in [4.78, 5) is 15.0. The molecule has 65 heavy (non-hydrogen) atoms. The van der Waals surface area contributed by atoms with Crippen LogP contribution < -0.4 is 0 Å². The van der Waals surface area contributed by atoms with Crippen molar-refractivity contribution in [3.05, 3.63) is 228 Å². The summed E-state index contributed by atoms with van der Waals surface area (Å²) in [6.07, 6.45) is 1.89. The molecular weight excluding hydrogens is 789 g/mol. The van der Waals surface area contributed by atoms with E-state index in [1.807, 2.05) is 36.4 Å². The smallest absolute Gasteiger partial charge is 0.164 e. The van der Waals surface area contributed by atoms with Crippen molar-refractivity contribution in [2.45, 2.75) is 26.7 Å². The molecule has 4 heteroatoms. The van der Waals surface area contributed by atoms with Gasteiger partial charge in [0.05, 0.1) is 11.0 Å². The van der Waals surface area contributed by atoms with E-state index in [0.717, 1.165) is 35.2 Å². The van der Waals surface area contributed by atoms with E-state index in [1.54, 1.807) is 0 Å². The third-order valence-electron chi connectivity index (χ3n) is 13.7. The molecule has 0 amide bonds. The number of fused-ring (bicyclic) bond motifs is 9. The van der Waals surface area contributed by atoms with E-state index in [4.69, 9.17) is 15.0 Å². The van der Waals surface area contributed by atoms with Gasteiger partial charge in [0.2, 0.25) is 0 Å². The van der Waals surface area contributed by atoms with E-state index < -0.39 is 0 Å². The fraction of sp³-hybridized carbons (Fsp3) is 0.0656. The number of aryl methyl sites for hydroxylation is 2. The van der Waals surface area contributed by atoms with E-state index in [0.29, 0.717) is 17.5 Å². The molecule has 4 nitrogen and oxygen atoms in total. The lowest BCUT2D eigenvalue weighted by Gasteiger charge is -2.15. The normalized spacial score (nSPS) is 12.3. The molecule has 11 aromatic rings. The summed E-state index contributed by atoms with van der Waals surface area (Å²) in [7, 11) is 0. The van der Waals surface area contributed by atoms with Crippen LogP contribution in [0.4, 0.5) is 0 Å². The third kappa shape index (κ3) is 6.02. The van der Waals surface area contributed by atoms with Gasteiger partial charge in [-0.15, -0.1) is 0 Å². The third-order valence-corrected chi connectivity index (χ3v) is 13.7. The molecular formula is C61H42N4. The minimum absolute atomic E-state index is 0.642. The van der Waals surface area contributed by atoms with Crippen LogP contribution in [0.1, 0.15) is 33.4 Å². The summed E-state index contributed by atoms with van der Waals surface area (Å²) in [5.41, 5.74) is 25.0. The highest BCUT2D eigenvalue weighted by molar-refractivity contribution is 6.14. The number of rotatable bonds is 6. The number of hydrogen-bond acceptors (Lipinski definition) is 3. The molecule has 0 spiro atoms. The second kappa shape index (κ2) is 14.7. The Bertz CT molecular complexity index is 3500. The van der Waals surface area contributed by atoms with Gasteiger partial charge < -0.3 is 4.57 Å². The fourth-order valence-corrected chi connectivity index (χ4v) is 10.8. The Labute approximate surface area is 378 Å². The van der Waals surface area contributed by atoms with Gasteiger partial charge in [0.25, 0.3) is 0 Å². The maximum absolute atomic E-state index is 5.04. The maximum atomic E-state index is 5.04. The maximum Gasteiger partial charge on any atom is 0.164 e. The first kappa shape index (κ1) is 37.4. The lowest BCUT2D eigenvalue weighted by atomic mass is 9.92. The summed E-state index contributed by atoms with van der Waals surface area (Å²) in [6.45, 7) is 4.57. The first-order valence-corrected chi connectivity index (χ1v) is 22.5. The van der Waals surface area contributed by atoms with Crippen LogP contribution in [0.5, 0.6) is 0 Å². The quantitative estimate of drug-likeness (QED) is 0.168. The Morgan fingerprint density at radius 1 is 0.338 bits per heavy atom. The zero-order valence-corrected chi connectivity index (χ0v) is 36.2. The van der Waals surface area contributed by atoms with Crippen molar-refractivity contribution in [1.29, 1.82) is 0 Å². The van der Waals surface area contributed by atoms with Crippen LogP contribution in [0.15, 0.2) is 194 Å². The van der Waals surface area contributed by atoms with Gasteiger partial charge in [-0.25, -0.2) is 15.0 Å². The highest BCUT2D eigenvalue weighted by Crippen LogP contribution is 2.47. The van der Waals surface area contributed by atoms with Gasteiger partial charge in [0.1, 0.15) is 0 Å². The van der Waals surface area contributed by atoms with Crippen molar-refractivity contribution in [3.63, 3.8) is 0 Å². The molecule has 0 saturated heterocycles. The van der Waals surface area contributed by atoms with Gasteiger partial charge in [-0.05, 0) is 153 Å². The van der Waals surface area contributed by atoms with E-state index in [-0.39, 0.29) is 0 Å². The zero-order valence-electron chi connectivity index (χ0n) is 36.2. The molecule has 0 bridgehead atoms. The second-order valence-electron chi connectivity index (χ2n) is 17.6. The van der Waals surface area contributed by atoms with Gasteiger partial charge in [0, 0.05) is 33.2 Å². The van der Waals surface area contributed by atoms with Crippen LogP contribution in [0.2, 0.25) is 0 Å². The average molecular weight is 831 g/mol. The Morgan fingerprint density at radius 2 is 0.723 bits per heavy atom. The van der Waals surface area contributed by atoms with E-state index >= 15 is 0 Å². The van der Waals surface area contributed by atoms with Gasteiger partial charge >= 0.3 is 0 Å². The van der Waals surface area contributed by atoms with Crippen LogP contribution in [-0.2, 0) is 12.8 Å². The minimum Gasteiger partial charge on any atom is -0.309 e. The summed E-state index contributed by atoms with van der Waals surface area (Å²) >= 11 is 0. The van der Waals surface area contributed by atoms with Crippen molar-refractivity contribution in [1.82, 2.24) is 19.5 Å². The number of hydrogen-bond donors (Lipinski definition) is 0. The second-order valence-corrected chi connectivity index (χ2v) is 17.6. The van der Waals surface area contributed by atoms with Gasteiger partial charge in [0.15, 0.2) is 17.5 Å². The molecule has 0 fully saturated rings. The van der Waals surface area contributed by atoms with Crippen molar-refractivity contribution >= 4 is 21.8 Å². The molecule has 0 N–H and O–H groups in total.